The molecule has 0 bridgehead atoms. The summed E-state index contributed by atoms with van der Waals surface area (Å²) in [6.45, 7) is 20.0. The van der Waals surface area contributed by atoms with Gasteiger partial charge in [0, 0.05) is 10.6 Å². The van der Waals surface area contributed by atoms with Crippen molar-refractivity contribution in [1.29, 1.82) is 0 Å². The smallest absolute Gasteiger partial charge is 0.305 e. The maximum Gasteiger partial charge on any atom is 0.346 e. The summed E-state index contributed by atoms with van der Waals surface area (Å²) in [7, 11) is -8.09. The molecule has 0 saturated carbocycles. The lowest BCUT2D eigenvalue weighted by atomic mass is 9.85. The minimum Gasteiger partial charge on any atom is -0.305 e. The number of hydrogen-bond donors (Lipinski definition) is 0. The molecule has 0 atom stereocenters. The summed E-state index contributed by atoms with van der Waals surface area (Å²) in [5.41, 5.74) is 10.7. The van der Waals surface area contributed by atoms with Crippen molar-refractivity contribution in [3.8, 4) is 0 Å². The van der Waals surface area contributed by atoms with Crippen LogP contribution in [0.25, 0.3) is 10.4 Å². The van der Waals surface area contributed by atoms with E-state index in [2.05, 4.69) is 10.0 Å². The predicted octanol–water partition coefficient (Wildman–Crippen LogP) is 8.88. The Bertz CT molecular complexity index is 916. The molecule has 9 nitrogen and oxygen atoms in total. The van der Waals surface area contributed by atoms with E-state index < -0.39 is 45.0 Å². The molecule has 0 aliphatic heterocycles. The molecule has 0 fully saturated rings. The first-order valence-corrected chi connectivity index (χ1v) is 15.3. The van der Waals surface area contributed by atoms with Gasteiger partial charge in [-0.05, 0) is 96.0 Å². The van der Waals surface area contributed by atoms with Crippen LogP contribution >= 0.6 is 15.2 Å². The fraction of sp³-hybridized carbons (Fsp3) is 0.750. The summed E-state index contributed by atoms with van der Waals surface area (Å²) in [5.74, 6) is 0. The molecule has 0 saturated heterocycles. The van der Waals surface area contributed by atoms with Crippen molar-refractivity contribution >= 4 is 20.9 Å². The average Bonchev–Trinajstić information content (AvgIpc) is 2.62. The Morgan fingerprint density at radius 3 is 1.51 bits per heavy atom. The standard InChI is InChI=1S/C24H43N3O6P2/c1-16(2)30-34(28,31-17(3)4)23(35(29,32-18(5)6)33-19(7)8)14-20-12-21(24(9,10)11)15-22(13-20)26-27-25/h12-13,15-19,23H,14H2,1-11H3. The molecule has 0 heterocycles. The van der Waals surface area contributed by atoms with Gasteiger partial charge in [-0.2, -0.15) is 0 Å². The second-order valence-electron chi connectivity index (χ2n) is 10.7. The van der Waals surface area contributed by atoms with Gasteiger partial charge in [0.1, 0.15) is 0 Å². The fourth-order valence-corrected chi connectivity index (χ4v) is 9.37. The van der Waals surface area contributed by atoms with Crippen LogP contribution in [0.2, 0.25) is 0 Å². The number of hydrogen-bond acceptors (Lipinski definition) is 7. The molecule has 0 aliphatic carbocycles. The highest BCUT2D eigenvalue weighted by atomic mass is 31.2. The highest BCUT2D eigenvalue weighted by molar-refractivity contribution is 7.72. The van der Waals surface area contributed by atoms with Gasteiger partial charge in [-0.25, -0.2) is 0 Å². The van der Waals surface area contributed by atoms with Crippen molar-refractivity contribution in [2.45, 2.75) is 118 Å². The van der Waals surface area contributed by atoms with E-state index in [0.29, 0.717) is 11.3 Å². The molecule has 1 rings (SSSR count). The Hall–Kier alpha value is -1.17. The lowest BCUT2D eigenvalue weighted by Gasteiger charge is -2.35. The van der Waals surface area contributed by atoms with Crippen LogP contribution < -0.4 is 0 Å². The first-order valence-electron chi connectivity index (χ1n) is 12.0. The molecular formula is C24H43N3O6P2. The Morgan fingerprint density at radius 2 is 1.20 bits per heavy atom. The van der Waals surface area contributed by atoms with Gasteiger partial charge in [0.25, 0.3) is 0 Å². The highest BCUT2D eigenvalue weighted by Gasteiger charge is 2.53. The van der Waals surface area contributed by atoms with Crippen LogP contribution in [0.15, 0.2) is 23.3 Å². The SMILES string of the molecule is CC(C)OP(=O)(OC(C)C)C(Cc1cc(N=[N+]=[N-])cc(C(C)(C)C)c1)P(=O)(OC(C)C)OC(C)C. The van der Waals surface area contributed by atoms with E-state index in [1.807, 2.05) is 32.9 Å². The van der Waals surface area contributed by atoms with Gasteiger partial charge in [0.15, 0.2) is 5.40 Å². The second-order valence-corrected chi connectivity index (χ2v) is 15.4. The van der Waals surface area contributed by atoms with E-state index in [1.54, 1.807) is 61.5 Å². The maximum absolute atomic E-state index is 14.4. The third-order valence-corrected chi connectivity index (χ3v) is 11.0. The molecule has 0 unspecified atom stereocenters. The maximum atomic E-state index is 14.4. The summed E-state index contributed by atoms with van der Waals surface area (Å²) >= 11 is 0. The number of benzene rings is 1. The quantitative estimate of drug-likeness (QED) is 0.108. The third-order valence-electron chi connectivity index (χ3n) is 4.58. The van der Waals surface area contributed by atoms with Crippen LogP contribution in [-0.4, -0.2) is 29.8 Å². The van der Waals surface area contributed by atoms with E-state index in [0.717, 1.165) is 5.56 Å². The number of nitrogens with zero attached hydrogens (tertiary/aromatic N) is 3. The Labute approximate surface area is 211 Å². The highest BCUT2D eigenvalue weighted by Crippen LogP contribution is 2.72. The van der Waals surface area contributed by atoms with Gasteiger partial charge in [-0.1, -0.05) is 32.0 Å². The Kier molecular flexibility index (Phi) is 11.7. The monoisotopic (exact) mass is 531 g/mol. The van der Waals surface area contributed by atoms with Gasteiger partial charge < -0.3 is 18.1 Å². The molecular weight excluding hydrogens is 488 g/mol. The van der Waals surface area contributed by atoms with Crippen molar-refractivity contribution in [3.63, 3.8) is 0 Å². The van der Waals surface area contributed by atoms with Crippen LogP contribution in [0.3, 0.4) is 0 Å². The summed E-state index contributed by atoms with van der Waals surface area (Å²) in [4.78, 5) is 2.92. The van der Waals surface area contributed by atoms with Gasteiger partial charge in [-0.3, -0.25) is 9.13 Å². The average molecular weight is 532 g/mol. The summed E-state index contributed by atoms with van der Waals surface area (Å²) in [6.07, 6.45) is -1.85. The molecule has 0 aliphatic rings. The van der Waals surface area contributed by atoms with Gasteiger partial charge in [0.05, 0.1) is 24.4 Å². The zero-order valence-corrected chi connectivity index (χ0v) is 24.8. The molecule has 0 aromatic heterocycles. The minimum absolute atomic E-state index is 0.00526. The Balaban J connectivity index is 3.87. The zero-order chi connectivity index (χ0) is 27.2. The fourth-order valence-electron chi connectivity index (χ4n) is 3.45. The first kappa shape index (κ1) is 31.9. The largest absolute Gasteiger partial charge is 0.346 e. The molecule has 0 amide bonds. The minimum atomic E-state index is -4.04. The molecule has 11 heteroatoms. The topological polar surface area (TPSA) is 120 Å². The van der Waals surface area contributed by atoms with Crippen molar-refractivity contribution in [2.24, 2.45) is 5.11 Å². The van der Waals surface area contributed by atoms with Crippen molar-refractivity contribution in [1.82, 2.24) is 0 Å². The first-order chi connectivity index (χ1) is 15.9. The van der Waals surface area contributed by atoms with Crippen LogP contribution in [-0.2, 0) is 39.1 Å². The van der Waals surface area contributed by atoms with Crippen LogP contribution in [0.5, 0.6) is 0 Å². The predicted molar refractivity (Wildman–Crippen MR) is 142 cm³/mol. The van der Waals surface area contributed by atoms with Gasteiger partial charge in [0.2, 0.25) is 0 Å². The zero-order valence-electron chi connectivity index (χ0n) is 23.0. The molecule has 1 aromatic rings. The van der Waals surface area contributed by atoms with E-state index in [-0.39, 0.29) is 11.8 Å². The van der Waals surface area contributed by atoms with Crippen LogP contribution in [0.1, 0.15) is 87.3 Å². The summed E-state index contributed by atoms with van der Waals surface area (Å²) in [5, 5.41) is 2.55. The second kappa shape index (κ2) is 12.9. The Morgan fingerprint density at radius 1 is 0.800 bits per heavy atom. The summed E-state index contributed by atoms with van der Waals surface area (Å²) in [6, 6.07) is 5.42. The third kappa shape index (κ3) is 10.0. The van der Waals surface area contributed by atoms with Crippen molar-refractivity contribution in [2.75, 3.05) is 0 Å². The summed E-state index contributed by atoms with van der Waals surface area (Å²) < 4.78 is 52.3. The van der Waals surface area contributed by atoms with E-state index in [9.17, 15) is 9.13 Å². The van der Waals surface area contributed by atoms with Gasteiger partial charge in [-0.15, -0.1) is 0 Å². The lowest BCUT2D eigenvalue weighted by molar-refractivity contribution is 0.122. The molecule has 0 radical (unpaired) electrons. The van der Waals surface area contributed by atoms with Crippen LogP contribution in [0.4, 0.5) is 5.69 Å². The van der Waals surface area contributed by atoms with E-state index in [1.165, 1.54) is 0 Å². The molecule has 1 aromatic carbocycles. The molecule has 0 spiro atoms. The van der Waals surface area contributed by atoms with E-state index in [4.69, 9.17) is 23.6 Å². The van der Waals surface area contributed by atoms with Crippen molar-refractivity contribution < 1.29 is 27.2 Å². The molecule has 35 heavy (non-hydrogen) atoms. The van der Waals surface area contributed by atoms with E-state index >= 15 is 0 Å². The van der Waals surface area contributed by atoms with Gasteiger partial charge >= 0.3 is 15.2 Å². The lowest BCUT2D eigenvalue weighted by Crippen LogP contribution is -2.25. The molecule has 200 valence electrons. The van der Waals surface area contributed by atoms with Crippen molar-refractivity contribution in [3.05, 3.63) is 39.8 Å². The van der Waals surface area contributed by atoms with Crippen LogP contribution in [0, 0.1) is 0 Å². The number of rotatable bonds is 13. The molecule has 0 N–H and O–H groups in total. The normalized spacial score (nSPS) is 13.4. The number of azide groups is 1.